The smallest absolute Gasteiger partial charge is 0.408 e. The second-order valence-corrected chi connectivity index (χ2v) is 5.56. The van der Waals surface area contributed by atoms with Crippen LogP contribution in [0.25, 0.3) is 11.1 Å². The fourth-order valence-corrected chi connectivity index (χ4v) is 2.59. The van der Waals surface area contributed by atoms with Crippen LogP contribution in [0.2, 0.25) is 0 Å². The highest BCUT2D eigenvalue weighted by Gasteiger charge is 2.16. The number of aryl methyl sites for hydroxylation is 1. The summed E-state index contributed by atoms with van der Waals surface area (Å²) in [5, 5.41) is 1.93. The third-order valence-electron chi connectivity index (χ3n) is 3.92. The van der Waals surface area contributed by atoms with Crippen molar-refractivity contribution in [2.24, 2.45) is 0 Å². The molecule has 0 atom stereocenters. The van der Waals surface area contributed by atoms with Gasteiger partial charge < -0.3 is 9.32 Å². The molecule has 3 rings (SSSR count). The van der Waals surface area contributed by atoms with Crippen LogP contribution in [0, 0.1) is 0 Å². The van der Waals surface area contributed by atoms with Gasteiger partial charge in [0, 0.05) is 39.1 Å². The van der Waals surface area contributed by atoms with Crippen molar-refractivity contribution in [3.63, 3.8) is 0 Å². The van der Waals surface area contributed by atoms with Gasteiger partial charge in [-0.05, 0) is 19.2 Å². The highest BCUT2D eigenvalue weighted by molar-refractivity contribution is 5.76. The predicted octanol–water partition coefficient (Wildman–Crippen LogP) is 0.263. The van der Waals surface area contributed by atoms with Crippen LogP contribution >= 0.6 is 0 Å². The topological polar surface area (TPSA) is 70.7 Å². The van der Waals surface area contributed by atoms with Gasteiger partial charge in [-0.15, -0.1) is 0 Å². The summed E-state index contributed by atoms with van der Waals surface area (Å²) in [7, 11) is 2.07. The van der Waals surface area contributed by atoms with E-state index in [0.29, 0.717) is 12.1 Å². The lowest BCUT2D eigenvalue weighted by Gasteiger charge is -2.32. The maximum absolute atomic E-state index is 12.0. The number of nitrogens with zero attached hydrogens (tertiary/aromatic N) is 3. The number of likely N-dealkylation sites (N-methyl/N-ethyl adjacent to an activating group) is 1. The number of para-hydroxylation sites is 2. The number of hydrogen-bond donors (Lipinski definition) is 1. The lowest BCUT2D eigenvalue weighted by atomic mass is 10.3. The minimum Gasteiger partial charge on any atom is -0.408 e. The molecular formula is C15H20N4O3. The number of hydrogen-bond acceptors (Lipinski definition) is 5. The highest BCUT2D eigenvalue weighted by atomic mass is 16.4. The molecule has 0 bridgehead atoms. The van der Waals surface area contributed by atoms with E-state index >= 15 is 0 Å². The number of amides is 1. The number of nitrogens with one attached hydrogen (secondary N) is 1. The van der Waals surface area contributed by atoms with Gasteiger partial charge in [0.05, 0.1) is 5.52 Å². The van der Waals surface area contributed by atoms with Gasteiger partial charge in [-0.3, -0.25) is 14.8 Å². The van der Waals surface area contributed by atoms with Crippen molar-refractivity contribution in [2.75, 3.05) is 33.2 Å². The fourth-order valence-electron chi connectivity index (χ4n) is 2.59. The summed E-state index contributed by atoms with van der Waals surface area (Å²) in [6.45, 7) is 3.82. The molecule has 1 fully saturated rings. The normalized spacial score (nSPS) is 17.0. The number of hydrazine groups is 1. The number of benzene rings is 1. The van der Waals surface area contributed by atoms with Gasteiger partial charge in [-0.25, -0.2) is 9.80 Å². The molecule has 0 unspecified atom stereocenters. The number of piperazine rings is 1. The summed E-state index contributed by atoms with van der Waals surface area (Å²) in [5.74, 6) is -0.504. The molecule has 118 valence electrons. The molecule has 0 aliphatic carbocycles. The molecule has 2 heterocycles. The van der Waals surface area contributed by atoms with Crippen LogP contribution in [0.1, 0.15) is 6.42 Å². The molecule has 1 aromatic carbocycles. The van der Waals surface area contributed by atoms with Crippen molar-refractivity contribution in [1.82, 2.24) is 19.9 Å². The molecule has 22 heavy (non-hydrogen) atoms. The molecule has 1 saturated heterocycles. The predicted molar refractivity (Wildman–Crippen MR) is 82.3 cm³/mol. The van der Waals surface area contributed by atoms with Gasteiger partial charge in [-0.1, -0.05) is 12.1 Å². The number of carbonyl (C=O) groups is 1. The minimum atomic E-state index is -0.423. The first-order valence-corrected chi connectivity index (χ1v) is 7.45. The average molecular weight is 304 g/mol. The van der Waals surface area contributed by atoms with Crippen molar-refractivity contribution < 1.29 is 9.21 Å². The van der Waals surface area contributed by atoms with Crippen LogP contribution in [-0.4, -0.2) is 53.6 Å². The molecule has 0 saturated carbocycles. The van der Waals surface area contributed by atoms with Gasteiger partial charge in [0.2, 0.25) is 5.91 Å². The van der Waals surface area contributed by atoms with Crippen LogP contribution in [0.4, 0.5) is 0 Å². The van der Waals surface area contributed by atoms with Crippen LogP contribution in [0.15, 0.2) is 33.5 Å². The second kappa shape index (κ2) is 6.33. The Kier molecular flexibility index (Phi) is 4.26. The SMILES string of the molecule is CN1CCN(NC(=O)CCn2c(=O)oc3ccccc32)CC1. The molecule has 0 spiro atoms. The van der Waals surface area contributed by atoms with E-state index in [1.807, 2.05) is 23.2 Å². The van der Waals surface area contributed by atoms with E-state index in [-0.39, 0.29) is 12.3 Å². The molecule has 1 amide bonds. The standard InChI is InChI=1S/C15H20N4O3/c1-17-8-10-18(11-9-17)16-14(20)6-7-19-12-4-2-3-5-13(12)22-15(19)21/h2-5H,6-11H2,1H3,(H,16,20). The summed E-state index contributed by atoms with van der Waals surface area (Å²) < 4.78 is 6.65. The zero-order valence-electron chi connectivity index (χ0n) is 12.6. The summed E-state index contributed by atoms with van der Waals surface area (Å²) in [6.07, 6.45) is 0.246. The molecule has 1 aliphatic rings. The largest absolute Gasteiger partial charge is 0.419 e. The van der Waals surface area contributed by atoms with E-state index in [0.717, 1.165) is 31.7 Å². The molecule has 1 aromatic heterocycles. The van der Waals surface area contributed by atoms with E-state index in [4.69, 9.17) is 4.42 Å². The lowest BCUT2D eigenvalue weighted by Crippen LogP contribution is -2.52. The fraction of sp³-hybridized carbons (Fsp3) is 0.467. The van der Waals surface area contributed by atoms with Crippen molar-refractivity contribution >= 4 is 17.0 Å². The Morgan fingerprint density at radius 2 is 1.95 bits per heavy atom. The number of fused-ring (bicyclic) bond motifs is 1. The van der Waals surface area contributed by atoms with Crippen molar-refractivity contribution in [3.8, 4) is 0 Å². The number of rotatable bonds is 4. The van der Waals surface area contributed by atoms with E-state index in [2.05, 4.69) is 17.4 Å². The summed E-state index contributed by atoms with van der Waals surface area (Å²) in [5.41, 5.74) is 4.16. The molecular weight excluding hydrogens is 284 g/mol. The molecule has 7 heteroatoms. The summed E-state index contributed by atoms with van der Waals surface area (Å²) >= 11 is 0. The summed E-state index contributed by atoms with van der Waals surface area (Å²) in [4.78, 5) is 26.1. The Morgan fingerprint density at radius 1 is 1.23 bits per heavy atom. The van der Waals surface area contributed by atoms with Crippen molar-refractivity contribution in [3.05, 3.63) is 34.8 Å². The summed E-state index contributed by atoms with van der Waals surface area (Å²) in [6, 6.07) is 7.23. The van der Waals surface area contributed by atoms with Crippen LogP contribution in [-0.2, 0) is 11.3 Å². The maximum Gasteiger partial charge on any atom is 0.419 e. The maximum atomic E-state index is 12.0. The average Bonchev–Trinajstić information content (AvgIpc) is 2.83. The molecule has 1 aliphatic heterocycles. The first-order chi connectivity index (χ1) is 10.6. The Labute approximate surface area is 128 Å². The molecule has 7 nitrogen and oxygen atoms in total. The molecule has 0 radical (unpaired) electrons. The van der Waals surface area contributed by atoms with Crippen molar-refractivity contribution in [1.29, 1.82) is 0 Å². The second-order valence-electron chi connectivity index (χ2n) is 5.56. The lowest BCUT2D eigenvalue weighted by molar-refractivity contribution is -0.126. The van der Waals surface area contributed by atoms with E-state index in [9.17, 15) is 9.59 Å². The van der Waals surface area contributed by atoms with Gasteiger partial charge in [0.15, 0.2) is 5.58 Å². The molecule has 2 aromatic rings. The Bertz CT molecular complexity index is 713. The minimum absolute atomic E-state index is 0.0817. The quantitative estimate of drug-likeness (QED) is 0.877. The Hall–Kier alpha value is -2.12. The van der Waals surface area contributed by atoms with Gasteiger partial charge in [-0.2, -0.15) is 0 Å². The van der Waals surface area contributed by atoms with Crippen molar-refractivity contribution in [2.45, 2.75) is 13.0 Å². The van der Waals surface area contributed by atoms with Gasteiger partial charge in [0.25, 0.3) is 0 Å². The zero-order valence-corrected chi connectivity index (χ0v) is 12.6. The van der Waals surface area contributed by atoms with Gasteiger partial charge >= 0.3 is 5.76 Å². The van der Waals surface area contributed by atoms with Crippen LogP contribution < -0.4 is 11.2 Å². The Morgan fingerprint density at radius 3 is 2.73 bits per heavy atom. The number of carbonyl (C=O) groups excluding carboxylic acids is 1. The van der Waals surface area contributed by atoms with Crippen LogP contribution in [0.5, 0.6) is 0 Å². The Balaban J connectivity index is 1.58. The first-order valence-electron chi connectivity index (χ1n) is 7.45. The zero-order chi connectivity index (χ0) is 15.5. The van der Waals surface area contributed by atoms with E-state index < -0.39 is 5.76 Å². The first kappa shape index (κ1) is 14.8. The third-order valence-corrected chi connectivity index (χ3v) is 3.92. The molecule has 1 N–H and O–H groups in total. The van der Waals surface area contributed by atoms with E-state index in [1.54, 1.807) is 6.07 Å². The third kappa shape index (κ3) is 3.20. The van der Waals surface area contributed by atoms with E-state index in [1.165, 1.54) is 4.57 Å². The highest BCUT2D eigenvalue weighted by Crippen LogP contribution is 2.11. The van der Waals surface area contributed by atoms with Gasteiger partial charge in [0.1, 0.15) is 0 Å². The number of oxazole rings is 1. The monoisotopic (exact) mass is 304 g/mol. The van der Waals surface area contributed by atoms with Crippen LogP contribution in [0.3, 0.4) is 0 Å². The number of aromatic nitrogens is 1.